The molecule has 0 aromatic carbocycles. The van der Waals surface area contributed by atoms with Crippen molar-refractivity contribution < 1.29 is 9.32 Å². The summed E-state index contributed by atoms with van der Waals surface area (Å²) >= 11 is 0. The molecule has 1 amide bonds. The second-order valence-electron chi connectivity index (χ2n) is 8.29. The van der Waals surface area contributed by atoms with Crippen molar-refractivity contribution in [2.45, 2.75) is 64.3 Å². The normalized spacial score (nSPS) is 17.9. The van der Waals surface area contributed by atoms with Crippen LogP contribution in [0, 0.1) is 13.8 Å². The van der Waals surface area contributed by atoms with Crippen molar-refractivity contribution >= 4 is 17.0 Å². The Hall–Kier alpha value is -2.70. The zero-order valence-electron chi connectivity index (χ0n) is 16.7. The predicted molar refractivity (Wildman–Crippen MR) is 104 cm³/mol. The molecule has 5 rings (SSSR count). The van der Waals surface area contributed by atoms with Gasteiger partial charge in [0.2, 0.25) is 0 Å². The van der Waals surface area contributed by atoms with E-state index >= 15 is 0 Å². The molecule has 0 aliphatic heterocycles. The molecule has 2 aliphatic rings. The van der Waals surface area contributed by atoms with E-state index < -0.39 is 0 Å². The van der Waals surface area contributed by atoms with Gasteiger partial charge in [0.05, 0.1) is 28.4 Å². The topological polar surface area (TPSA) is 85.8 Å². The van der Waals surface area contributed by atoms with Crippen LogP contribution in [0.5, 0.6) is 0 Å². The molecule has 2 fully saturated rings. The summed E-state index contributed by atoms with van der Waals surface area (Å²) in [6, 6.07) is 1.81. The van der Waals surface area contributed by atoms with Gasteiger partial charge in [-0.2, -0.15) is 5.10 Å². The van der Waals surface area contributed by atoms with E-state index in [0.717, 1.165) is 59.4 Å². The van der Waals surface area contributed by atoms with Crippen LogP contribution in [0.25, 0.3) is 11.1 Å². The number of hydrogen-bond acceptors (Lipinski definition) is 5. The maximum Gasteiger partial charge on any atom is 0.259 e. The van der Waals surface area contributed by atoms with Crippen LogP contribution in [0.4, 0.5) is 0 Å². The fourth-order valence-corrected chi connectivity index (χ4v) is 4.16. The molecule has 7 nitrogen and oxygen atoms in total. The van der Waals surface area contributed by atoms with Gasteiger partial charge in [0.25, 0.3) is 11.6 Å². The fourth-order valence-electron chi connectivity index (χ4n) is 4.16. The Bertz CT molecular complexity index is 1090. The summed E-state index contributed by atoms with van der Waals surface area (Å²) in [5.41, 5.74) is 6.03. The van der Waals surface area contributed by atoms with Gasteiger partial charge >= 0.3 is 0 Å². The van der Waals surface area contributed by atoms with Crippen LogP contribution in [-0.4, -0.2) is 25.8 Å². The van der Waals surface area contributed by atoms with Crippen molar-refractivity contribution in [2.75, 3.05) is 0 Å². The summed E-state index contributed by atoms with van der Waals surface area (Å²) in [6.07, 6.45) is 4.43. The Morgan fingerprint density at radius 2 is 1.96 bits per heavy atom. The summed E-state index contributed by atoms with van der Waals surface area (Å²) in [4.78, 5) is 18.0. The zero-order valence-corrected chi connectivity index (χ0v) is 16.7. The monoisotopic (exact) mass is 379 g/mol. The summed E-state index contributed by atoms with van der Waals surface area (Å²) in [5, 5.41) is 12.7. The van der Waals surface area contributed by atoms with Gasteiger partial charge in [-0.15, -0.1) is 0 Å². The quantitative estimate of drug-likeness (QED) is 0.728. The highest BCUT2D eigenvalue weighted by atomic mass is 16.5. The van der Waals surface area contributed by atoms with Crippen LogP contribution in [0.15, 0.2) is 10.6 Å². The van der Waals surface area contributed by atoms with Gasteiger partial charge in [-0.05, 0) is 52.5 Å². The number of nitrogens with zero attached hydrogens (tertiary/aromatic N) is 4. The number of fused-ring (bicyclic) bond motifs is 1. The zero-order chi connectivity index (χ0) is 19.6. The molecule has 0 bridgehead atoms. The summed E-state index contributed by atoms with van der Waals surface area (Å²) in [5.74, 6) is 0.724. The second kappa shape index (κ2) is 6.15. The number of amides is 1. The largest absolute Gasteiger partial charge is 0.345 e. The molecule has 0 spiro atoms. The van der Waals surface area contributed by atoms with Gasteiger partial charge in [-0.25, -0.2) is 4.98 Å². The van der Waals surface area contributed by atoms with Crippen LogP contribution in [0.2, 0.25) is 0 Å². The molecule has 3 aromatic rings. The molecule has 0 saturated heterocycles. The Kier molecular flexibility index (Phi) is 3.82. The number of hydrogen-bond donors (Lipinski definition) is 1. The molecule has 2 aliphatic carbocycles. The maximum atomic E-state index is 13.3. The molecule has 0 radical (unpaired) electrons. The number of aromatic nitrogens is 4. The molecular formula is C21H25N5O2. The molecule has 2 saturated carbocycles. The van der Waals surface area contributed by atoms with Crippen molar-refractivity contribution in [1.29, 1.82) is 0 Å². The van der Waals surface area contributed by atoms with E-state index in [-0.39, 0.29) is 11.9 Å². The van der Waals surface area contributed by atoms with Gasteiger partial charge in [0, 0.05) is 35.8 Å². The number of aryl methyl sites for hydroxylation is 2. The lowest BCUT2D eigenvalue weighted by atomic mass is 10.0. The van der Waals surface area contributed by atoms with E-state index in [2.05, 4.69) is 20.6 Å². The van der Waals surface area contributed by atoms with Crippen LogP contribution in [0.1, 0.15) is 89.2 Å². The standard InChI is InChI=1S/C21H25N5O2/c1-10(17-11(2)24-26(4)12(17)3)22-20(27)15-9-16(13-5-6-13)23-21-18(15)19(25-28-21)14-7-8-14/h9-10,13-14H,5-8H2,1-4H3,(H,22,27)/t10-/m0/s1. The minimum Gasteiger partial charge on any atom is -0.345 e. The number of rotatable bonds is 5. The summed E-state index contributed by atoms with van der Waals surface area (Å²) in [7, 11) is 1.92. The van der Waals surface area contributed by atoms with Gasteiger partial charge < -0.3 is 9.84 Å². The van der Waals surface area contributed by atoms with Crippen LogP contribution in [0.3, 0.4) is 0 Å². The van der Waals surface area contributed by atoms with Gasteiger partial charge in [-0.1, -0.05) is 5.16 Å². The average molecular weight is 379 g/mol. The number of pyridine rings is 1. The van der Waals surface area contributed by atoms with Crippen LogP contribution < -0.4 is 5.32 Å². The average Bonchev–Trinajstić information content (AvgIpc) is 3.57. The van der Waals surface area contributed by atoms with Crippen molar-refractivity contribution in [2.24, 2.45) is 7.05 Å². The van der Waals surface area contributed by atoms with Crippen LogP contribution >= 0.6 is 0 Å². The lowest BCUT2D eigenvalue weighted by Crippen LogP contribution is -2.28. The minimum absolute atomic E-state index is 0.102. The third kappa shape index (κ3) is 2.80. The van der Waals surface area contributed by atoms with Crippen LogP contribution in [-0.2, 0) is 7.05 Å². The SMILES string of the molecule is Cc1nn(C)c(C)c1[C@H](C)NC(=O)c1cc(C2CC2)nc2onc(C3CC3)c12. The molecule has 1 N–H and O–H groups in total. The molecule has 3 aromatic heterocycles. The Morgan fingerprint density at radius 1 is 1.25 bits per heavy atom. The Balaban J connectivity index is 1.53. The molecule has 7 heteroatoms. The first-order chi connectivity index (χ1) is 13.4. The number of nitrogens with one attached hydrogen (secondary N) is 1. The smallest absolute Gasteiger partial charge is 0.259 e. The van der Waals surface area contributed by atoms with E-state index in [0.29, 0.717) is 23.1 Å². The minimum atomic E-state index is -0.141. The van der Waals surface area contributed by atoms with E-state index in [1.165, 1.54) is 0 Å². The van der Waals surface area contributed by atoms with Crippen molar-refractivity contribution in [3.63, 3.8) is 0 Å². The van der Waals surface area contributed by atoms with E-state index in [4.69, 9.17) is 4.52 Å². The highest BCUT2D eigenvalue weighted by Crippen LogP contribution is 2.45. The highest BCUT2D eigenvalue weighted by Gasteiger charge is 2.34. The third-order valence-electron chi connectivity index (χ3n) is 6.04. The van der Waals surface area contributed by atoms with Gasteiger partial charge in [0.15, 0.2) is 0 Å². The predicted octanol–water partition coefficient (Wildman–Crippen LogP) is 3.82. The van der Waals surface area contributed by atoms with E-state index in [1.54, 1.807) is 0 Å². The van der Waals surface area contributed by atoms with Crippen molar-refractivity contribution in [3.05, 3.63) is 40.0 Å². The van der Waals surface area contributed by atoms with Gasteiger partial charge in [-0.3, -0.25) is 9.48 Å². The molecule has 0 unspecified atom stereocenters. The van der Waals surface area contributed by atoms with E-state index in [9.17, 15) is 4.79 Å². The summed E-state index contributed by atoms with van der Waals surface area (Å²) < 4.78 is 7.39. The Labute approximate surface area is 163 Å². The molecule has 28 heavy (non-hydrogen) atoms. The highest BCUT2D eigenvalue weighted by molar-refractivity contribution is 6.06. The first-order valence-electron chi connectivity index (χ1n) is 10.0. The van der Waals surface area contributed by atoms with Gasteiger partial charge in [0.1, 0.15) is 0 Å². The number of carbonyl (C=O) groups excluding carboxylic acids is 1. The molecule has 146 valence electrons. The maximum absolute atomic E-state index is 13.3. The molecule has 3 heterocycles. The number of carbonyl (C=O) groups is 1. The molecule has 1 atom stereocenters. The first-order valence-corrected chi connectivity index (χ1v) is 10.0. The van der Waals surface area contributed by atoms with Crippen molar-refractivity contribution in [3.8, 4) is 0 Å². The third-order valence-corrected chi connectivity index (χ3v) is 6.04. The second-order valence-corrected chi connectivity index (χ2v) is 8.29. The Morgan fingerprint density at radius 3 is 2.57 bits per heavy atom. The first kappa shape index (κ1) is 17.4. The fraction of sp³-hybridized carbons (Fsp3) is 0.524. The summed E-state index contributed by atoms with van der Waals surface area (Å²) in [6.45, 7) is 6.01. The molecular weight excluding hydrogens is 354 g/mol. The lowest BCUT2D eigenvalue weighted by molar-refractivity contribution is 0.0941. The van der Waals surface area contributed by atoms with Crippen molar-refractivity contribution in [1.82, 2.24) is 25.2 Å². The van der Waals surface area contributed by atoms with E-state index in [1.807, 2.05) is 38.6 Å². The lowest BCUT2D eigenvalue weighted by Gasteiger charge is -2.16.